The maximum Gasteiger partial charge on any atom is 0.323 e. The number of carbonyl (C=O) groups excluding carboxylic acids is 3. The van der Waals surface area contributed by atoms with E-state index in [1.54, 1.807) is 12.1 Å². The predicted octanol–water partition coefficient (Wildman–Crippen LogP) is 0.815. The van der Waals surface area contributed by atoms with E-state index in [2.05, 4.69) is 0 Å². The number of ether oxygens (including phenoxy) is 3. The highest BCUT2D eigenvalue weighted by molar-refractivity contribution is 5.76. The minimum Gasteiger partial charge on any atom is -0.508 e. The van der Waals surface area contributed by atoms with Crippen LogP contribution in [0.5, 0.6) is 5.75 Å². The lowest BCUT2D eigenvalue weighted by molar-refractivity contribution is -0.153. The Hall–Kier alpha value is -3.47. The van der Waals surface area contributed by atoms with Gasteiger partial charge in [-0.05, 0) is 43.0 Å². The Balaban J connectivity index is 0.000000379. The number of aromatic hydroxyl groups is 1. The summed E-state index contributed by atoms with van der Waals surface area (Å²) in [6.45, 7) is 3.04. The van der Waals surface area contributed by atoms with Gasteiger partial charge in [-0.3, -0.25) is 14.4 Å². The van der Waals surface area contributed by atoms with Crippen LogP contribution in [0.1, 0.15) is 25.0 Å². The third-order valence-electron chi connectivity index (χ3n) is 4.48. The monoisotopic (exact) mass is 489 g/mol. The van der Waals surface area contributed by atoms with E-state index >= 15 is 0 Å². The van der Waals surface area contributed by atoms with E-state index in [-0.39, 0.29) is 37.6 Å². The van der Waals surface area contributed by atoms with E-state index in [0.29, 0.717) is 6.42 Å². The van der Waals surface area contributed by atoms with Crippen molar-refractivity contribution in [1.29, 1.82) is 0 Å². The number of hydrogen-bond donors (Lipinski definition) is 4. The van der Waals surface area contributed by atoms with Crippen LogP contribution in [-0.4, -0.2) is 61.0 Å². The summed E-state index contributed by atoms with van der Waals surface area (Å²) in [5, 5.41) is 9.15. The van der Waals surface area contributed by atoms with Crippen molar-refractivity contribution < 1.29 is 33.7 Å². The molecule has 0 fully saturated rings. The first-order chi connectivity index (χ1) is 16.6. The van der Waals surface area contributed by atoms with Crippen molar-refractivity contribution in [3.63, 3.8) is 0 Å². The van der Waals surface area contributed by atoms with Gasteiger partial charge in [-0.25, -0.2) is 0 Å². The van der Waals surface area contributed by atoms with Crippen LogP contribution in [0.2, 0.25) is 0 Å². The van der Waals surface area contributed by atoms with E-state index in [1.807, 2.05) is 30.3 Å². The Labute approximate surface area is 205 Å². The number of benzene rings is 2. The first-order valence-electron chi connectivity index (χ1n) is 11.1. The van der Waals surface area contributed by atoms with Gasteiger partial charge in [0.25, 0.3) is 0 Å². The lowest BCUT2D eigenvalue weighted by Gasteiger charge is -2.12. The number of rotatable bonds is 11. The van der Waals surface area contributed by atoms with Gasteiger partial charge < -0.3 is 36.5 Å². The molecule has 0 amide bonds. The second-order valence-corrected chi connectivity index (χ2v) is 7.85. The lowest BCUT2D eigenvalue weighted by Crippen LogP contribution is -2.35. The van der Waals surface area contributed by atoms with E-state index in [9.17, 15) is 14.4 Å². The number of phenolic OH excluding ortho intramolecular Hbond substituents is 1. The summed E-state index contributed by atoms with van der Waals surface area (Å²) in [7, 11) is 0. The Kier molecular flexibility index (Phi) is 13.7. The Bertz CT molecular complexity index is 905. The molecule has 2 aromatic rings. The third-order valence-corrected chi connectivity index (χ3v) is 4.48. The Morgan fingerprint density at radius 3 is 1.89 bits per heavy atom. The summed E-state index contributed by atoms with van der Waals surface area (Å²) >= 11 is 0. The molecular weight excluding hydrogens is 454 g/mol. The Morgan fingerprint density at radius 1 is 0.800 bits per heavy atom. The van der Waals surface area contributed by atoms with Crippen molar-refractivity contribution in [2.45, 2.75) is 44.8 Å². The summed E-state index contributed by atoms with van der Waals surface area (Å²) < 4.78 is 14.5. The average Bonchev–Trinajstić information content (AvgIpc) is 2.82. The van der Waals surface area contributed by atoms with Gasteiger partial charge in [0.2, 0.25) is 0 Å². The molecule has 0 aliphatic carbocycles. The topological polar surface area (TPSA) is 177 Å². The van der Waals surface area contributed by atoms with Crippen molar-refractivity contribution in [3.8, 4) is 5.75 Å². The van der Waals surface area contributed by atoms with Crippen LogP contribution in [0.15, 0.2) is 54.6 Å². The van der Waals surface area contributed by atoms with Gasteiger partial charge in [-0.1, -0.05) is 42.5 Å². The zero-order valence-corrected chi connectivity index (χ0v) is 20.1. The molecule has 0 heterocycles. The zero-order valence-electron chi connectivity index (χ0n) is 20.1. The van der Waals surface area contributed by atoms with Crippen LogP contribution < -0.4 is 17.2 Å². The van der Waals surface area contributed by atoms with Gasteiger partial charge in [0.15, 0.2) is 0 Å². The summed E-state index contributed by atoms with van der Waals surface area (Å²) in [4.78, 5) is 33.2. The largest absolute Gasteiger partial charge is 0.508 e. The second kappa shape index (κ2) is 16.2. The van der Waals surface area contributed by atoms with Gasteiger partial charge in [0, 0.05) is 13.0 Å². The molecule has 0 saturated heterocycles. The van der Waals surface area contributed by atoms with Crippen LogP contribution in [0.25, 0.3) is 0 Å². The molecule has 0 radical (unpaired) electrons. The minimum absolute atomic E-state index is 0.0575. The SMILES string of the molecule is CC(=O)OCC(N)Cc1ccccc1.C[C@@H](N)C(=O)OCCOC(=O)[C@@H](N)Cc1ccc(O)cc1. The summed E-state index contributed by atoms with van der Waals surface area (Å²) in [6, 6.07) is 14.6. The molecule has 10 nitrogen and oxygen atoms in total. The summed E-state index contributed by atoms with van der Waals surface area (Å²) in [5.41, 5.74) is 18.8. The standard InChI is InChI=1S/C14H20N2O5.C11H15NO2/c1-9(15)13(18)20-6-7-21-14(19)12(16)8-10-2-4-11(17)5-3-10;1-9(13)14-8-11(12)7-10-5-3-2-4-6-10/h2-5,9,12,17H,6-8,15-16H2,1H3;2-6,11H,7-8,12H2,1H3/t9-,12+;/m1./s1. The molecule has 0 saturated carbocycles. The highest BCUT2D eigenvalue weighted by Gasteiger charge is 2.16. The third kappa shape index (κ3) is 13.7. The van der Waals surface area contributed by atoms with Crippen molar-refractivity contribution >= 4 is 17.9 Å². The fraction of sp³-hybridized carbons (Fsp3) is 0.400. The van der Waals surface area contributed by atoms with Crippen molar-refractivity contribution in [2.24, 2.45) is 17.2 Å². The molecular formula is C25H35N3O7. The fourth-order valence-corrected chi connectivity index (χ4v) is 2.69. The van der Waals surface area contributed by atoms with E-state index in [4.69, 9.17) is 36.5 Å². The maximum absolute atomic E-state index is 11.6. The summed E-state index contributed by atoms with van der Waals surface area (Å²) in [6.07, 6.45) is 1.02. The van der Waals surface area contributed by atoms with E-state index in [1.165, 1.54) is 26.0 Å². The molecule has 35 heavy (non-hydrogen) atoms. The molecule has 2 rings (SSSR count). The van der Waals surface area contributed by atoms with Crippen LogP contribution in [0.4, 0.5) is 0 Å². The fourth-order valence-electron chi connectivity index (χ4n) is 2.69. The molecule has 1 unspecified atom stereocenters. The number of hydrogen-bond acceptors (Lipinski definition) is 10. The minimum atomic E-state index is -0.821. The molecule has 0 aliphatic rings. The number of esters is 3. The van der Waals surface area contributed by atoms with E-state index in [0.717, 1.165) is 17.5 Å². The molecule has 0 aromatic heterocycles. The average molecular weight is 490 g/mol. The molecule has 0 bridgehead atoms. The first-order valence-corrected chi connectivity index (χ1v) is 11.1. The second-order valence-electron chi connectivity index (χ2n) is 7.85. The molecule has 3 atom stereocenters. The number of phenols is 1. The number of carbonyl (C=O) groups is 3. The molecule has 0 aliphatic heterocycles. The van der Waals surface area contributed by atoms with Crippen LogP contribution >= 0.6 is 0 Å². The highest BCUT2D eigenvalue weighted by atomic mass is 16.6. The van der Waals surface area contributed by atoms with Gasteiger partial charge in [-0.2, -0.15) is 0 Å². The van der Waals surface area contributed by atoms with Gasteiger partial charge in [0.1, 0.15) is 37.7 Å². The predicted molar refractivity (Wildman–Crippen MR) is 130 cm³/mol. The van der Waals surface area contributed by atoms with Crippen molar-refractivity contribution in [2.75, 3.05) is 19.8 Å². The maximum atomic E-state index is 11.6. The van der Waals surface area contributed by atoms with Crippen LogP contribution in [0.3, 0.4) is 0 Å². The smallest absolute Gasteiger partial charge is 0.323 e. The summed E-state index contributed by atoms with van der Waals surface area (Å²) in [5.74, 6) is -1.28. The van der Waals surface area contributed by atoms with Gasteiger partial charge in [-0.15, -0.1) is 0 Å². The van der Waals surface area contributed by atoms with Gasteiger partial charge >= 0.3 is 17.9 Å². The van der Waals surface area contributed by atoms with Crippen molar-refractivity contribution in [1.82, 2.24) is 0 Å². The molecule has 10 heteroatoms. The van der Waals surface area contributed by atoms with Crippen LogP contribution in [-0.2, 0) is 41.4 Å². The molecule has 192 valence electrons. The van der Waals surface area contributed by atoms with E-state index < -0.39 is 24.0 Å². The Morgan fingerprint density at radius 2 is 1.34 bits per heavy atom. The molecule has 0 spiro atoms. The molecule has 7 N–H and O–H groups in total. The first kappa shape index (κ1) is 29.6. The van der Waals surface area contributed by atoms with Gasteiger partial charge in [0.05, 0.1) is 0 Å². The van der Waals surface area contributed by atoms with Crippen LogP contribution in [0, 0.1) is 0 Å². The highest BCUT2D eigenvalue weighted by Crippen LogP contribution is 2.11. The normalized spacial score (nSPS) is 12.8. The number of nitrogens with two attached hydrogens (primary N) is 3. The quantitative estimate of drug-likeness (QED) is 0.201. The van der Waals surface area contributed by atoms with Crippen molar-refractivity contribution in [3.05, 3.63) is 65.7 Å². The lowest BCUT2D eigenvalue weighted by atomic mass is 10.1. The molecule has 2 aromatic carbocycles. The zero-order chi connectivity index (χ0) is 26.2.